The summed E-state index contributed by atoms with van der Waals surface area (Å²) in [6, 6.07) is 13.8. The van der Waals surface area contributed by atoms with Gasteiger partial charge in [0.15, 0.2) is 0 Å². The Bertz CT molecular complexity index is 1280. The van der Waals surface area contributed by atoms with Crippen molar-refractivity contribution in [2.75, 3.05) is 23.3 Å². The van der Waals surface area contributed by atoms with E-state index in [0.717, 1.165) is 70.8 Å². The Hall–Kier alpha value is -3.65. The second-order valence-corrected chi connectivity index (χ2v) is 9.42. The topological polar surface area (TPSA) is 83.9 Å². The summed E-state index contributed by atoms with van der Waals surface area (Å²) in [5, 5.41) is 6.07. The third kappa shape index (κ3) is 4.97. The molecule has 0 saturated carbocycles. The standard InChI is InChI=1S/C26H26N6OS/c1-17-13-18(2)29-26(28-17)32-11-8-19(9-12-32)24(33)30-22-7-3-5-20(14-22)23-16-34-25(31-23)21-6-4-10-27-15-21/h3-7,10,13-16,19H,8-9,11-12H2,1-2H3,(H,30,33). The number of anilines is 2. The smallest absolute Gasteiger partial charge is 0.227 e. The van der Waals surface area contributed by atoms with E-state index in [0.29, 0.717) is 0 Å². The van der Waals surface area contributed by atoms with Crippen molar-refractivity contribution in [1.29, 1.82) is 0 Å². The lowest BCUT2D eigenvalue weighted by Gasteiger charge is -2.31. The van der Waals surface area contributed by atoms with Crippen LogP contribution in [0.1, 0.15) is 24.2 Å². The Morgan fingerprint density at radius 3 is 2.50 bits per heavy atom. The van der Waals surface area contributed by atoms with Crippen LogP contribution in [0.4, 0.5) is 11.6 Å². The minimum Gasteiger partial charge on any atom is -0.341 e. The average molecular weight is 471 g/mol. The number of pyridine rings is 1. The molecule has 0 radical (unpaired) electrons. The molecule has 1 aliphatic rings. The average Bonchev–Trinajstić information content (AvgIpc) is 3.35. The van der Waals surface area contributed by atoms with Gasteiger partial charge in [-0.1, -0.05) is 12.1 Å². The molecular formula is C26H26N6OS. The van der Waals surface area contributed by atoms with Crippen molar-refractivity contribution in [3.05, 3.63) is 71.6 Å². The molecule has 0 spiro atoms. The number of hydrogen-bond donors (Lipinski definition) is 1. The Morgan fingerprint density at radius 1 is 1.00 bits per heavy atom. The predicted molar refractivity (Wildman–Crippen MR) is 136 cm³/mol. The first-order chi connectivity index (χ1) is 16.5. The first kappa shape index (κ1) is 22.2. The van der Waals surface area contributed by atoms with Crippen molar-refractivity contribution in [3.63, 3.8) is 0 Å². The maximum absolute atomic E-state index is 13.0. The Labute approximate surface area is 203 Å². The monoisotopic (exact) mass is 470 g/mol. The maximum Gasteiger partial charge on any atom is 0.227 e. The zero-order valence-corrected chi connectivity index (χ0v) is 20.0. The fourth-order valence-corrected chi connectivity index (χ4v) is 5.04. The Kier molecular flexibility index (Phi) is 6.31. The number of hydrogen-bond acceptors (Lipinski definition) is 7. The lowest BCUT2D eigenvalue weighted by molar-refractivity contribution is -0.120. The van der Waals surface area contributed by atoms with Crippen LogP contribution in [0, 0.1) is 19.8 Å². The third-order valence-electron chi connectivity index (χ3n) is 5.96. The molecule has 172 valence electrons. The van der Waals surface area contributed by atoms with Crippen LogP contribution in [-0.2, 0) is 4.79 Å². The van der Waals surface area contributed by atoms with E-state index in [1.165, 1.54) is 0 Å². The van der Waals surface area contributed by atoms with E-state index >= 15 is 0 Å². The fraction of sp³-hybridized carbons (Fsp3) is 0.269. The largest absolute Gasteiger partial charge is 0.341 e. The van der Waals surface area contributed by atoms with Crippen LogP contribution < -0.4 is 10.2 Å². The van der Waals surface area contributed by atoms with E-state index in [2.05, 4.69) is 25.2 Å². The minimum atomic E-state index is -0.0257. The van der Waals surface area contributed by atoms with Crippen LogP contribution in [0.2, 0.25) is 0 Å². The van der Waals surface area contributed by atoms with Crippen molar-refractivity contribution in [3.8, 4) is 21.8 Å². The first-order valence-corrected chi connectivity index (χ1v) is 12.3. The molecule has 1 saturated heterocycles. The van der Waals surface area contributed by atoms with Gasteiger partial charge in [0.25, 0.3) is 0 Å². The molecule has 0 unspecified atom stereocenters. The fourth-order valence-electron chi connectivity index (χ4n) is 4.22. The third-order valence-corrected chi connectivity index (χ3v) is 6.85. The van der Waals surface area contributed by atoms with E-state index in [1.807, 2.05) is 67.9 Å². The number of carbonyl (C=O) groups is 1. The second kappa shape index (κ2) is 9.69. The molecule has 0 aliphatic carbocycles. The van der Waals surface area contributed by atoms with Crippen LogP contribution in [0.5, 0.6) is 0 Å². The van der Waals surface area contributed by atoms with E-state index in [9.17, 15) is 4.79 Å². The highest BCUT2D eigenvalue weighted by atomic mass is 32.1. The van der Waals surface area contributed by atoms with E-state index in [-0.39, 0.29) is 11.8 Å². The summed E-state index contributed by atoms with van der Waals surface area (Å²) < 4.78 is 0. The van der Waals surface area contributed by atoms with Crippen molar-refractivity contribution in [2.24, 2.45) is 5.92 Å². The molecule has 34 heavy (non-hydrogen) atoms. The molecule has 0 bridgehead atoms. The Morgan fingerprint density at radius 2 is 1.76 bits per heavy atom. The second-order valence-electron chi connectivity index (χ2n) is 8.56. The van der Waals surface area contributed by atoms with Crippen molar-refractivity contribution >= 4 is 28.9 Å². The zero-order chi connectivity index (χ0) is 23.5. The number of nitrogens with one attached hydrogen (secondary N) is 1. The molecule has 7 nitrogen and oxygen atoms in total. The molecule has 3 aromatic heterocycles. The number of aromatic nitrogens is 4. The number of nitrogens with zero attached hydrogens (tertiary/aromatic N) is 5. The van der Waals surface area contributed by atoms with Gasteiger partial charge in [-0.15, -0.1) is 11.3 Å². The zero-order valence-electron chi connectivity index (χ0n) is 19.2. The molecule has 1 amide bonds. The van der Waals surface area contributed by atoms with Gasteiger partial charge in [-0.3, -0.25) is 9.78 Å². The van der Waals surface area contributed by atoms with Gasteiger partial charge in [-0.2, -0.15) is 0 Å². The molecule has 8 heteroatoms. The molecule has 5 rings (SSSR count). The molecular weight excluding hydrogens is 444 g/mol. The van der Waals surface area contributed by atoms with Gasteiger partial charge in [0, 0.05) is 65.0 Å². The molecule has 1 aliphatic heterocycles. The molecule has 0 atom stereocenters. The SMILES string of the molecule is Cc1cc(C)nc(N2CCC(C(=O)Nc3cccc(-c4csc(-c5cccnc5)n4)c3)CC2)n1. The van der Waals surface area contributed by atoms with Crippen LogP contribution >= 0.6 is 11.3 Å². The number of benzene rings is 1. The molecule has 1 fully saturated rings. The van der Waals surface area contributed by atoms with Crippen LogP contribution in [-0.4, -0.2) is 38.9 Å². The van der Waals surface area contributed by atoms with E-state index in [1.54, 1.807) is 17.5 Å². The number of rotatable bonds is 5. The summed E-state index contributed by atoms with van der Waals surface area (Å²) in [6.07, 6.45) is 5.13. The number of aryl methyl sites for hydroxylation is 2. The summed E-state index contributed by atoms with van der Waals surface area (Å²) in [4.78, 5) is 33.2. The summed E-state index contributed by atoms with van der Waals surface area (Å²) >= 11 is 1.59. The Balaban J connectivity index is 1.22. The van der Waals surface area contributed by atoms with Crippen LogP contribution in [0.15, 0.2) is 60.2 Å². The maximum atomic E-state index is 13.0. The van der Waals surface area contributed by atoms with Gasteiger partial charge in [-0.05, 0) is 57.0 Å². The van der Waals surface area contributed by atoms with Crippen molar-refractivity contribution < 1.29 is 4.79 Å². The summed E-state index contributed by atoms with van der Waals surface area (Å²) in [5.74, 6) is 0.799. The van der Waals surface area contributed by atoms with Gasteiger partial charge < -0.3 is 10.2 Å². The molecule has 4 heterocycles. The van der Waals surface area contributed by atoms with E-state index < -0.39 is 0 Å². The van der Waals surface area contributed by atoms with Gasteiger partial charge >= 0.3 is 0 Å². The van der Waals surface area contributed by atoms with Gasteiger partial charge in [-0.25, -0.2) is 15.0 Å². The van der Waals surface area contributed by atoms with Crippen LogP contribution in [0.25, 0.3) is 21.8 Å². The van der Waals surface area contributed by atoms with E-state index in [4.69, 9.17) is 4.98 Å². The summed E-state index contributed by atoms with van der Waals surface area (Å²) in [5.41, 5.74) is 5.59. The molecule has 4 aromatic rings. The first-order valence-electron chi connectivity index (χ1n) is 11.4. The van der Waals surface area contributed by atoms with Gasteiger partial charge in [0.2, 0.25) is 11.9 Å². The van der Waals surface area contributed by atoms with Gasteiger partial charge in [0.05, 0.1) is 5.69 Å². The summed E-state index contributed by atoms with van der Waals surface area (Å²) in [7, 11) is 0. The molecule has 1 N–H and O–H groups in total. The number of piperidine rings is 1. The van der Waals surface area contributed by atoms with Crippen molar-refractivity contribution in [2.45, 2.75) is 26.7 Å². The predicted octanol–water partition coefficient (Wildman–Crippen LogP) is 5.13. The highest BCUT2D eigenvalue weighted by Gasteiger charge is 2.26. The quantitative estimate of drug-likeness (QED) is 0.435. The lowest BCUT2D eigenvalue weighted by atomic mass is 9.96. The molecule has 1 aromatic carbocycles. The highest BCUT2D eigenvalue weighted by Crippen LogP contribution is 2.30. The normalized spacial score (nSPS) is 14.2. The number of thiazole rings is 1. The highest BCUT2D eigenvalue weighted by molar-refractivity contribution is 7.13. The number of carbonyl (C=O) groups excluding carboxylic acids is 1. The van der Waals surface area contributed by atoms with Crippen LogP contribution in [0.3, 0.4) is 0 Å². The lowest BCUT2D eigenvalue weighted by Crippen LogP contribution is -2.39. The minimum absolute atomic E-state index is 0.0257. The summed E-state index contributed by atoms with van der Waals surface area (Å²) in [6.45, 7) is 5.52. The number of amides is 1. The van der Waals surface area contributed by atoms with Gasteiger partial charge in [0.1, 0.15) is 5.01 Å². The van der Waals surface area contributed by atoms with Crippen molar-refractivity contribution in [1.82, 2.24) is 19.9 Å².